The molecule has 88 valence electrons. The molecule has 0 aromatic heterocycles. The van der Waals surface area contributed by atoms with E-state index in [4.69, 9.17) is 4.74 Å². The molecule has 0 aliphatic carbocycles. The van der Waals surface area contributed by atoms with Crippen LogP contribution < -0.4 is 5.32 Å². The maximum atomic E-state index is 11.6. The van der Waals surface area contributed by atoms with Crippen LogP contribution in [0.2, 0.25) is 0 Å². The molecule has 0 bridgehead atoms. The Hall–Kier alpha value is -0.610. The second-order valence-corrected chi connectivity index (χ2v) is 4.07. The number of hydrogen-bond acceptors (Lipinski definition) is 3. The van der Waals surface area contributed by atoms with Crippen molar-refractivity contribution in [3.8, 4) is 0 Å². The zero-order chi connectivity index (χ0) is 11.1. The van der Waals surface area contributed by atoms with Gasteiger partial charge in [0.2, 0.25) is 5.91 Å². The Morgan fingerprint density at radius 1 is 1.53 bits per heavy atom. The van der Waals surface area contributed by atoms with E-state index in [1.807, 2.05) is 6.92 Å². The Bertz CT molecular complexity index is 190. The lowest BCUT2D eigenvalue weighted by Gasteiger charge is -2.21. The molecule has 0 aromatic rings. The van der Waals surface area contributed by atoms with Crippen LogP contribution in [-0.2, 0) is 9.53 Å². The van der Waals surface area contributed by atoms with E-state index in [1.54, 1.807) is 0 Å². The summed E-state index contributed by atoms with van der Waals surface area (Å²) in [5.41, 5.74) is 0. The minimum Gasteiger partial charge on any atom is -0.391 e. The van der Waals surface area contributed by atoms with Crippen molar-refractivity contribution in [1.82, 2.24) is 5.32 Å². The number of aliphatic hydroxyl groups excluding tert-OH is 1. The Kier molecular flexibility index (Phi) is 5.65. The summed E-state index contributed by atoms with van der Waals surface area (Å²) in [5, 5.41) is 12.2. The van der Waals surface area contributed by atoms with Crippen molar-refractivity contribution in [1.29, 1.82) is 0 Å². The molecule has 2 N–H and O–H groups in total. The fraction of sp³-hybridized carbons (Fsp3) is 0.909. The highest BCUT2D eigenvalue weighted by Crippen LogP contribution is 2.14. The molecule has 1 rings (SSSR count). The number of ether oxygens (including phenoxy) is 1. The summed E-state index contributed by atoms with van der Waals surface area (Å²) in [6.07, 6.45) is 2.88. The Morgan fingerprint density at radius 3 is 2.80 bits per heavy atom. The van der Waals surface area contributed by atoms with Gasteiger partial charge < -0.3 is 15.2 Å². The van der Waals surface area contributed by atoms with E-state index in [-0.39, 0.29) is 11.8 Å². The molecule has 4 heteroatoms. The van der Waals surface area contributed by atoms with E-state index in [0.29, 0.717) is 19.8 Å². The summed E-state index contributed by atoms with van der Waals surface area (Å²) < 4.78 is 5.18. The molecule has 0 radical (unpaired) electrons. The molecular weight excluding hydrogens is 194 g/mol. The standard InChI is InChI=1S/C11H21NO3/c1-2-3-10(13)8-12-11(14)9-4-6-15-7-5-9/h9-10,13H,2-8H2,1H3,(H,12,14). The first-order valence-electron chi connectivity index (χ1n) is 5.77. The lowest BCUT2D eigenvalue weighted by atomic mass is 9.99. The second-order valence-electron chi connectivity index (χ2n) is 4.07. The van der Waals surface area contributed by atoms with Crippen molar-refractivity contribution >= 4 is 5.91 Å². The van der Waals surface area contributed by atoms with Gasteiger partial charge in [-0.2, -0.15) is 0 Å². The predicted molar refractivity (Wildman–Crippen MR) is 57.5 cm³/mol. The third-order valence-electron chi connectivity index (χ3n) is 2.73. The zero-order valence-corrected chi connectivity index (χ0v) is 9.37. The molecule has 1 heterocycles. The summed E-state index contributed by atoms with van der Waals surface area (Å²) in [6.45, 7) is 3.75. The molecular formula is C11H21NO3. The molecule has 1 aliphatic rings. The van der Waals surface area contributed by atoms with Gasteiger partial charge in [0, 0.05) is 25.7 Å². The van der Waals surface area contributed by atoms with Crippen molar-refractivity contribution < 1.29 is 14.6 Å². The number of hydrogen-bond donors (Lipinski definition) is 2. The van der Waals surface area contributed by atoms with Crippen LogP contribution >= 0.6 is 0 Å². The third kappa shape index (κ3) is 4.62. The molecule has 15 heavy (non-hydrogen) atoms. The number of carbonyl (C=O) groups excluding carboxylic acids is 1. The van der Waals surface area contributed by atoms with Gasteiger partial charge >= 0.3 is 0 Å². The molecule has 1 unspecified atom stereocenters. The number of nitrogens with one attached hydrogen (secondary N) is 1. The Balaban J connectivity index is 2.16. The highest BCUT2D eigenvalue weighted by atomic mass is 16.5. The summed E-state index contributed by atoms with van der Waals surface area (Å²) in [6, 6.07) is 0. The first-order chi connectivity index (χ1) is 7.24. The molecule has 1 saturated heterocycles. The Morgan fingerprint density at radius 2 is 2.20 bits per heavy atom. The van der Waals surface area contributed by atoms with Gasteiger partial charge in [0.05, 0.1) is 6.10 Å². The first kappa shape index (κ1) is 12.5. The molecule has 0 spiro atoms. The van der Waals surface area contributed by atoms with Gasteiger partial charge in [0.25, 0.3) is 0 Å². The van der Waals surface area contributed by atoms with Gasteiger partial charge in [-0.25, -0.2) is 0 Å². The normalized spacial score (nSPS) is 19.9. The minimum atomic E-state index is -0.404. The topological polar surface area (TPSA) is 58.6 Å². The number of amides is 1. The molecule has 0 aromatic carbocycles. The first-order valence-corrected chi connectivity index (χ1v) is 5.77. The van der Waals surface area contributed by atoms with Gasteiger partial charge in [-0.05, 0) is 19.3 Å². The fourth-order valence-corrected chi connectivity index (χ4v) is 1.76. The van der Waals surface area contributed by atoms with Crippen LogP contribution in [0.3, 0.4) is 0 Å². The molecule has 1 amide bonds. The number of rotatable bonds is 5. The SMILES string of the molecule is CCCC(O)CNC(=O)C1CCOCC1. The van der Waals surface area contributed by atoms with Crippen LogP contribution in [-0.4, -0.2) is 36.9 Å². The smallest absolute Gasteiger partial charge is 0.223 e. The molecule has 1 aliphatic heterocycles. The fourth-order valence-electron chi connectivity index (χ4n) is 1.76. The average molecular weight is 215 g/mol. The number of aliphatic hydroxyl groups is 1. The quantitative estimate of drug-likeness (QED) is 0.709. The van der Waals surface area contributed by atoms with Crippen LogP contribution in [0.15, 0.2) is 0 Å². The van der Waals surface area contributed by atoms with Gasteiger partial charge in [-0.3, -0.25) is 4.79 Å². The monoisotopic (exact) mass is 215 g/mol. The Labute approximate surface area is 91.0 Å². The van der Waals surface area contributed by atoms with E-state index in [2.05, 4.69) is 5.32 Å². The van der Waals surface area contributed by atoms with Gasteiger partial charge in [0.1, 0.15) is 0 Å². The lowest BCUT2D eigenvalue weighted by Crippen LogP contribution is -2.38. The summed E-state index contributed by atoms with van der Waals surface area (Å²) in [4.78, 5) is 11.6. The maximum absolute atomic E-state index is 11.6. The van der Waals surface area contributed by atoms with Crippen molar-refractivity contribution in [2.45, 2.75) is 38.7 Å². The van der Waals surface area contributed by atoms with Crippen LogP contribution in [0, 0.1) is 5.92 Å². The lowest BCUT2D eigenvalue weighted by molar-refractivity contribution is -0.128. The molecule has 1 atom stereocenters. The third-order valence-corrected chi connectivity index (χ3v) is 2.73. The van der Waals surface area contributed by atoms with Gasteiger partial charge in [0.15, 0.2) is 0 Å². The van der Waals surface area contributed by atoms with Gasteiger partial charge in [-0.1, -0.05) is 13.3 Å². The molecule has 0 saturated carbocycles. The molecule has 1 fully saturated rings. The van der Waals surface area contributed by atoms with Crippen molar-refractivity contribution in [3.05, 3.63) is 0 Å². The van der Waals surface area contributed by atoms with Crippen LogP contribution in [0.5, 0.6) is 0 Å². The van der Waals surface area contributed by atoms with Crippen LogP contribution in [0.25, 0.3) is 0 Å². The van der Waals surface area contributed by atoms with Crippen molar-refractivity contribution in [2.75, 3.05) is 19.8 Å². The molecule has 4 nitrogen and oxygen atoms in total. The highest BCUT2D eigenvalue weighted by molar-refractivity contribution is 5.78. The zero-order valence-electron chi connectivity index (χ0n) is 9.37. The van der Waals surface area contributed by atoms with E-state index in [0.717, 1.165) is 25.7 Å². The summed E-state index contributed by atoms with van der Waals surface area (Å²) in [7, 11) is 0. The van der Waals surface area contributed by atoms with E-state index >= 15 is 0 Å². The average Bonchev–Trinajstić information content (AvgIpc) is 2.27. The van der Waals surface area contributed by atoms with E-state index in [9.17, 15) is 9.90 Å². The van der Waals surface area contributed by atoms with Crippen LogP contribution in [0.1, 0.15) is 32.6 Å². The van der Waals surface area contributed by atoms with E-state index in [1.165, 1.54) is 0 Å². The van der Waals surface area contributed by atoms with E-state index < -0.39 is 6.10 Å². The predicted octanol–water partition coefficient (Wildman–Crippen LogP) is 0.690. The largest absolute Gasteiger partial charge is 0.391 e. The van der Waals surface area contributed by atoms with Crippen molar-refractivity contribution in [3.63, 3.8) is 0 Å². The van der Waals surface area contributed by atoms with Crippen LogP contribution in [0.4, 0.5) is 0 Å². The number of carbonyl (C=O) groups is 1. The summed E-state index contributed by atoms with van der Waals surface area (Å²) >= 11 is 0. The summed E-state index contributed by atoms with van der Waals surface area (Å²) in [5.74, 6) is 0.140. The van der Waals surface area contributed by atoms with Crippen molar-refractivity contribution in [2.24, 2.45) is 5.92 Å². The van der Waals surface area contributed by atoms with Gasteiger partial charge in [-0.15, -0.1) is 0 Å². The highest BCUT2D eigenvalue weighted by Gasteiger charge is 2.21. The minimum absolute atomic E-state index is 0.0634. The maximum Gasteiger partial charge on any atom is 0.223 e. The second kappa shape index (κ2) is 6.80.